The van der Waals surface area contributed by atoms with E-state index in [-0.39, 0.29) is 5.78 Å². The Morgan fingerprint density at radius 3 is 2.80 bits per heavy atom. The van der Waals surface area contributed by atoms with Crippen LogP contribution in [0.5, 0.6) is 0 Å². The molecule has 0 N–H and O–H groups in total. The van der Waals surface area contributed by atoms with Crippen LogP contribution < -0.4 is 4.90 Å². The SMILES string of the molecule is C/C=C\C(=C/C(C)=O)c1cn(SI)c2ncc(N3CCOCC3)cc12. The largest absolute Gasteiger partial charge is 0.378 e. The number of fused-ring (bicyclic) bond motifs is 1. The molecule has 25 heavy (non-hydrogen) atoms. The fourth-order valence-electron chi connectivity index (χ4n) is 2.96. The van der Waals surface area contributed by atoms with Crippen molar-refractivity contribution in [2.75, 3.05) is 31.2 Å². The maximum absolute atomic E-state index is 11.7. The smallest absolute Gasteiger partial charge is 0.153 e. The summed E-state index contributed by atoms with van der Waals surface area (Å²) in [7, 11) is 1.57. The number of pyridine rings is 1. The van der Waals surface area contributed by atoms with Crippen LogP contribution in [0.25, 0.3) is 16.6 Å². The van der Waals surface area contributed by atoms with Gasteiger partial charge in [-0.05, 0) is 31.6 Å². The molecule has 1 aliphatic heterocycles. The number of halogens is 1. The summed E-state index contributed by atoms with van der Waals surface area (Å²) < 4.78 is 7.48. The molecular formula is C18H20IN3O2S. The highest BCUT2D eigenvalue weighted by atomic mass is 127. The molecule has 1 aliphatic rings. The van der Waals surface area contributed by atoms with Crippen LogP contribution in [-0.4, -0.2) is 41.0 Å². The van der Waals surface area contributed by atoms with Crippen molar-refractivity contribution in [1.29, 1.82) is 0 Å². The molecule has 5 nitrogen and oxygen atoms in total. The van der Waals surface area contributed by atoms with Gasteiger partial charge in [-0.25, -0.2) is 4.98 Å². The van der Waals surface area contributed by atoms with Crippen LogP contribution in [0.1, 0.15) is 19.4 Å². The van der Waals surface area contributed by atoms with Crippen molar-refractivity contribution in [3.05, 3.63) is 42.3 Å². The molecule has 0 atom stereocenters. The molecule has 0 unspecified atom stereocenters. The van der Waals surface area contributed by atoms with Crippen molar-refractivity contribution >= 4 is 58.4 Å². The molecular weight excluding hydrogens is 449 g/mol. The molecule has 1 saturated heterocycles. The third kappa shape index (κ3) is 4.09. The molecule has 0 saturated carbocycles. The van der Waals surface area contributed by atoms with Crippen molar-refractivity contribution < 1.29 is 9.53 Å². The lowest BCUT2D eigenvalue weighted by Crippen LogP contribution is -2.36. The predicted molar refractivity (Wildman–Crippen MR) is 113 cm³/mol. The maximum atomic E-state index is 11.7. The molecule has 0 spiro atoms. The van der Waals surface area contributed by atoms with Gasteiger partial charge in [0.05, 0.1) is 25.1 Å². The van der Waals surface area contributed by atoms with Gasteiger partial charge in [0, 0.05) is 60.6 Å². The number of rotatable bonds is 5. The first-order valence-electron chi connectivity index (χ1n) is 8.12. The summed E-state index contributed by atoms with van der Waals surface area (Å²) in [5, 5.41) is 1.05. The lowest BCUT2D eigenvalue weighted by Gasteiger charge is -2.28. The number of carbonyl (C=O) groups is 1. The fourth-order valence-corrected chi connectivity index (χ4v) is 4.22. The van der Waals surface area contributed by atoms with Gasteiger partial charge in [0.2, 0.25) is 0 Å². The average molecular weight is 469 g/mol. The maximum Gasteiger partial charge on any atom is 0.153 e. The van der Waals surface area contributed by atoms with Gasteiger partial charge in [-0.2, -0.15) is 0 Å². The van der Waals surface area contributed by atoms with Crippen molar-refractivity contribution in [2.24, 2.45) is 0 Å². The number of morpholine rings is 1. The van der Waals surface area contributed by atoms with Gasteiger partial charge in [-0.3, -0.25) is 8.77 Å². The van der Waals surface area contributed by atoms with Gasteiger partial charge < -0.3 is 9.64 Å². The molecule has 3 heterocycles. The summed E-state index contributed by atoms with van der Waals surface area (Å²) in [6.07, 6.45) is 9.57. The number of ketones is 1. The molecule has 2 aromatic heterocycles. The summed E-state index contributed by atoms with van der Waals surface area (Å²) in [6.45, 7) is 6.75. The standard InChI is InChI=1S/C18H20IN3O2S/c1-3-4-14(9-13(2)23)17-12-22(25-19)18-16(17)10-15(11-20-18)21-5-7-24-8-6-21/h3-4,9-12H,5-8H2,1-2H3/b4-3-,14-9+. The summed E-state index contributed by atoms with van der Waals surface area (Å²) in [5.41, 5.74) is 3.93. The first kappa shape index (κ1) is 18.5. The third-order valence-corrected chi connectivity index (χ3v) is 5.76. The Kier molecular flexibility index (Phi) is 6.19. The summed E-state index contributed by atoms with van der Waals surface area (Å²) in [4.78, 5) is 18.6. The van der Waals surface area contributed by atoms with Gasteiger partial charge in [-0.15, -0.1) is 0 Å². The summed E-state index contributed by atoms with van der Waals surface area (Å²) in [5.74, 6) is 0.0356. The fraction of sp³-hybridized carbons (Fsp3) is 0.333. The van der Waals surface area contributed by atoms with Crippen LogP contribution >= 0.6 is 30.3 Å². The lowest BCUT2D eigenvalue weighted by atomic mass is 10.0. The molecule has 7 heteroatoms. The van der Waals surface area contributed by atoms with Crippen LogP contribution in [0.3, 0.4) is 0 Å². The highest BCUT2D eigenvalue weighted by Gasteiger charge is 2.17. The molecule has 3 rings (SSSR count). The van der Waals surface area contributed by atoms with E-state index in [1.54, 1.807) is 22.1 Å². The Bertz CT molecular complexity index is 838. The first-order valence-corrected chi connectivity index (χ1v) is 11.4. The van der Waals surface area contributed by atoms with Gasteiger partial charge in [-0.1, -0.05) is 12.2 Å². The number of hydrogen-bond donors (Lipinski definition) is 0. The predicted octanol–water partition coefficient (Wildman–Crippen LogP) is 4.27. The van der Waals surface area contributed by atoms with Crippen LogP contribution in [-0.2, 0) is 9.53 Å². The molecule has 0 amide bonds. The normalized spacial score (nSPS) is 16.1. The van der Waals surface area contributed by atoms with Crippen molar-refractivity contribution in [3.63, 3.8) is 0 Å². The zero-order valence-electron chi connectivity index (χ0n) is 14.2. The topological polar surface area (TPSA) is 47.4 Å². The van der Waals surface area contributed by atoms with Crippen LogP contribution in [0.2, 0.25) is 0 Å². The minimum atomic E-state index is 0.0356. The van der Waals surface area contributed by atoms with Gasteiger partial charge in [0.1, 0.15) is 0 Å². The van der Waals surface area contributed by atoms with E-state index in [0.717, 1.165) is 54.2 Å². The average Bonchev–Trinajstić information content (AvgIpc) is 2.99. The molecule has 0 bridgehead atoms. The Labute approximate surface area is 163 Å². The highest BCUT2D eigenvalue weighted by Crippen LogP contribution is 2.34. The van der Waals surface area contributed by atoms with Crippen LogP contribution in [0.4, 0.5) is 5.69 Å². The van der Waals surface area contributed by atoms with E-state index >= 15 is 0 Å². The van der Waals surface area contributed by atoms with Crippen LogP contribution in [0, 0.1) is 0 Å². The molecule has 1 fully saturated rings. The van der Waals surface area contributed by atoms with Crippen molar-refractivity contribution in [2.45, 2.75) is 13.8 Å². The van der Waals surface area contributed by atoms with Gasteiger partial charge in [0.15, 0.2) is 11.4 Å². The number of allylic oxidation sites excluding steroid dienone is 4. The third-order valence-electron chi connectivity index (χ3n) is 4.06. The second-order valence-corrected chi connectivity index (χ2v) is 7.53. The van der Waals surface area contributed by atoms with E-state index in [1.165, 1.54) is 0 Å². The second-order valence-electron chi connectivity index (χ2n) is 5.81. The Balaban J connectivity index is 2.14. The van der Waals surface area contributed by atoms with Crippen molar-refractivity contribution in [1.82, 2.24) is 8.96 Å². The van der Waals surface area contributed by atoms with E-state index in [9.17, 15) is 4.79 Å². The summed E-state index contributed by atoms with van der Waals surface area (Å²) >= 11 is 2.25. The quantitative estimate of drug-likeness (QED) is 0.372. The van der Waals surface area contributed by atoms with E-state index in [1.807, 2.05) is 35.4 Å². The zero-order valence-corrected chi connectivity index (χ0v) is 17.2. The minimum Gasteiger partial charge on any atom is -0.378 e. The Morgan fingerprint density at radius 2 is 2.16 bits per heavy atom. The number of aromatic nitrogens is 2. The van der Waals surface area contributed by atoms with Crippen molar-refractivity contribution in [3.8, 4) is 0 Å². The number of carbonyl (C=O) groups excluding carboxylic acids is 1. The zero-order chi connectivity index (χ0) is 17.8. The van der Waals surface area contributed by atoms with Crippen LogP contribution in [0.15, 0.2) is 36.7 Å². The van der Waals surface area contributed by atoms with Gasteiger partial charge >= 0.3 is 0 Å². The Morgan fingerprint density at radius 1 is 1.40 bits per heavy atom. The Hall–Kier alpha value is -1.32. The molecule has 2 aromatic rings. The number of ether oxygens (including phenoxy) is 1. The number of nitrogens with zero attached hydrogens (tertiary/aromatic N) is 3. The molecule has 132 valence electrons. The van der Waals surface area contributed by atoms with E-state index in [0.29, 0.717) is 0 Å². The first-order chi connectivity index (χ1) is 12.1. The van der Waals surface area contributed by atoms with E-state index in [2.05, 4.69) is 37.2 Å². The highest BCUT2D eigenvalue weighted by molar-refractivity contribution is 14.2. The number of hydrogen-bond acceptors (Lipinski definition) is 5. The van der Waals surface area contributed by atoms with Gasteiger partial charge in [0.25, 0.3) is 0 Å². The number of anilines is 1. The molecule has 0 aromatic carbocycles. The second kappa shape index (κ2) is 8.37. The minimum absolute atomic E-state index is 0.0356. The molecule has 0 aliphatic carbocycles. The monoisotopic (exact) mass is 469 g/mol. The van der Waals surface area contributed by atoms with E-state index < -0.39 is 0 Å². The van der Waals surface area contributed by atoms with E-state index in [4.69, 9.17) is 4.74 Å². The lowest BCUT2D eigenvalue weighted by molar-refractivity contribution is -0.112. The summed E-state index contributed by atoms with van der Waals surface area (Å²) in [6, 6.07) is 2.17. The molecule has 0 radical (unpaired) electrons.